The summed E-state index contributed by atoms with van der Waals surface area (Å²) in [5, 5.41) is 5.75. The van der Waals surface area contributed by atoms with E-state index in [0.29, 0.717) is 37.9 Å². The van der Waals surface area contributed by atoms with Gasteiger partial charge in [0.25, 0.3) is 5.91 Å². The maximum atomic E-state index is 13.6. The van der Waals surface area contributed by atoms with Gasteiger partial charge in [-0.15, -0.1) is 0 Å². The first-order valence-electron chi connectivity index (χ1n) is 12.5. The van der Waals surface area contributed by atoms with E-state index in [9.17, 15) is 22.8 Å². The Kier molecular flexibility index (Phi) is 7.04. The summed E-state index contributed by atoms with van der Waals surface area (Å²) < 4.78 is 45.3. The van der Waals surface area contributed by atoms with Crippen molar-refractivity contribution in [2.24, 2.45) is 0 Å². The Balaban J connectivity index is 1.34. The number of ether oxygens (including phenoxy) is 1. The molecule has 0 spiro atoms. The number of fused-ring (bicyclic) bond motifs is 3. The van der Waals surface area contributed by atoms with Gasteiger partial charge in [-0.25, -0.2) is 4.79 Å². The average Bonchev–Trinajstić information content (AvgIpc) is 3.21. The van der Waals surface area contributed by atoms with Crippen LogP contribution in [0.1, 0.15) is 47.4 Å². The second kappa shape index (κ2) is 10.1. The largest absolute Gasteiger partial charge is 0.417 e. The van der Waals surface area contributed by atoms with Crippen molar-refractivity contribution in [2.45, 2.75) is 57.5 Å². The molecule has 1 fully saturated rings. The summed E-state index contributed by atoms with van der Waals surface area (Å²) in [7, 11) is 0. The molecular formula is C27H28ClF3N4O3. The van der Waals surface area contributed by atoms with Gasteiger partial charge in [0.05, 0.1) is 22.8 Å². The molecule has 5 rings (SSSR count). The van der Waals surface area contributed by atoms with Crippen LogP contribution in [0, 0.1) is 0 Å². The number of morpholine rings is 1. The fraction of sp³-hybridized carbons (Fsp3) is 0.407. The zero-order chi connectivity index (χ0) is 27.2. The molecule has 3 N–H and O–H groups in total. The van der Waals surface area contributed by atoms with Crippen molar-refractivity contribution in [1.82, 2.24) is 15.2 Å². The number of aromatic amines is 1. The van der Waals surface area contributed by atoms with Gasteiger partial charge in [0, 0.05) is 47.0 Å². The Bertz CT molecular complexity index is 1380. The van der Waals surface area contributed by atoms with Gasteiger partial charge in [0.2, 0.25) is 0 Å². The van der Waals surface area contributed by atoms with E-state index in [2.05, 4.69) is 15.6 Å². The standard InChI is InChI=1S/C27H28ClF3N4O3/c1-14-12-35(13-15(2)38-14)25(36)18-4-3-5-23-24(18)19-10-16(7-9-22(19)34-23)32-26(37)33-17-6-8-21(28)20(11-17)27(29,30)31/h3-6,8,11,14-16,34H,7,9-10,12-13H2,1-2H3,(H2,32,33,37). The topological polar surface area (TPSA) is 86.5 Å². The van der Waals surface area contributed by atoms with E-state index in [1.54, 1.807) is 0 Å². The van der Waals surface area contributed by atoms with E-state index in [0.717, 1.165) is 34.3 Å². The fourth-order valence-electron chi connectivity index (χ4n) is 5.46. The molecule has 202 valence electrons. The first-order valence-corrected chi connectivity index (χ1v) is 12.9. The third-order valence-corrected chi connectivity index (χ3v) is 7.34. The molecule has 3 unspecified atom stereocenters. The van der Waals surface area contributed by atoms with Gasteiger partial charge in [-0.2, -0.15) is 13.2 Å². The first-order chi connectivity index (χ1) is 18.0. The molecule has 2 aliphatic rings. The Morgan fingerprint density at radius 3 is 2.58 bits per heavy atom. The number of hydrogen-bond donors (Lipinski definition) is 3. The molecule has 38 heavy (non-hydrogen) atoms. The number of amides is 3. The van der Waals surface area contributed by atoms with Crippen LogP contribution >= 0.6 is 11.6 Å². The molecule has 1 aliphatic carbocycles. The normalized spacial score (nSPS) is 21.7. The molecule has 0 radical (unpaired) electrons. The second-order valence-electron chi connectivity index (χ2n) is 10.0. The number of carbonyl (C=O) groups excluding carboxylic acids is 2. The predicted octanol–water partition coefficient (Wildman–Crippen LogP) is 5.77. The Labute approximate surface area is 222 Å². The highest BCUT2D eigenvalue weighted by Crippen LogP contribution is 2.36. The molecular weight excluding hydrogens is 521 g/mol. The molecule has 3 aromatic rings. The number of benzene rings is 2. The van der Waals surface area contributed by atoms with E-state index in [1.807, 2.05) is 36.9 Å². The number of halogens is 4. The van der Waals surface area contributed by atoms with Gasteiger partial charge in [0.1, 0.15) is 0 Å². The Morgan fingerprint density at radius 2 is 1.87 bits per heavy atom. The fourth-order valence-corrected chi connectivity index (χ4v) is 5.69. The molecule has 2 heterocycles. The molecule has 1 aliphatic heterocycles. The lowest BCUT2D eigenvalue weighted by molar-refractivity contribution is -0.137. The predicted molar refractivity (Wildman–Crippen MR) is 139 cm³/mol. The van der Waals surface area contributed by atoms with Crippen LogP contribution in [0.4, 0.5) is 23.7 Å². The quantitative estimate of drug-likeness (QED) is 0.388. The van der Waals surface area contributed by atoms with Crippen LogP contribution in [0.15, 0.2) is 36.4 Å². The third kappa shape index (κ3) is 5.33. The summed E-state index contributed by atoms with van der Waals surface area (Å²) >= 11 is 5.67. The molecule has 0 saturated carbocycles. The highest BCUT2D eigenvalue weighted by atomic mass is 35.5. The first kappa shape index (κ1) is 26.4. The van der Waals surface area contributed by atoms with Crippen molar-refractivity contribution in [1.29, 1.82) is 0 Å². The minimum atomic E-state index is -4.63. The number of anilines is 1. The number of rotatable bonds is 3. The highest BCUT2D eigenvalue weighted by Gasteiger charge is 2.34. The van der Waals surface area contributed by atoms with Gasteiger partial charge in [0.15, 0.2) is 0 Å². The van der Waals surface area contributed by atoms with Crippen molar-refractivity contribution >= 4 is 40.1 Å². The molecule has 1 aromatic heterocycles. The monoisotopic (exact) mass is 548 g/mol. The van der Waals surface area contributed by atoms with Gasteiger partial charge in [-0.05, 0) is 69.0 Å². The Morgan fingerprint density at radius 1 is 1.13 bits per heavy atom. The van der Waals surface area contributed by atoms with Crippen molar-refractivity contribution in [3.8, 4) is 0 Å². The van der Waals surface area contributed by atoms with E-state index < -0.39 is 22.8 Å². The van der Waals surface area contributed by atoms with Crippen molar-refractivity contribution in [3.63, 3.8) is 0 Å². The number of aryl methyl sites for hydroxylation is 1. The van der Waals surface area contributed by atoms with Crippen LogP contribution in [0.3, 0.4) is 0 Å². The van der Waals surface area contributed by atoms with Crippen molar-refractivity contribution in [3.05, 3.63) is 63.8 Å². The van der Waals surface area contributed by atoms with Crippen LogP contribution in [-0.4, -0.2) is 53.2 Å². The van der Waals surface area contributed by atoms with Gasteiger partial charge < -0.3 is 25.3 Å². The van der Waals surface area contributed by atoms with Crippen LogP contribution in [0.2, 0.25) is 5.02 Å². The zero-order valence-electron chi connectivity index (χ0n) is 20.9. The molecule has 7 nitrogen and oxygen atoms in total. The molecule has 1 saturated heterocycles. The van der Waals surface area contributed by atoms with E-state index in [-0.39, 0.29) is 29.8 Å². The molecule has 2 aromatic carbocycles. The van der Waals surface area contributed by atoms with Crippen LogP contribution in [0.5, 0.6) is 0 Å². The molecule has 3 amide bonds. The van der Waals surface area contributed by atoms with Crippen LogP contribution in [-0.2, 0) is 23.8 Å². The number of H-pyrrole nitrogens is 1. The number of urea groups is 1. The lowest BCUT2D eigenvalue weighted by Gasteiger charge is -2.35. The van der Waals surface area contributed by atoms with E-state index in [4.69, 9.17) is 16.3 Å². The average molecular weight is 549 g/mol. The minimum absolute atomic E-state index is 0.00957. The lowest BCUT2D eigenvalue weighted by Crippen LogP contribution is -2.48. The van der Waals surface area contributed by atoms with Gasteiger partial charge >= 0.3 is 12.2 Å². The van der Waals surface area contributed by atoms with E-state index >= 15 is 0 Å². The summed E-state index contributed by atoms with van der Waals surface area (Å²) in [5.41, 5.74) is 2.44. The Hall–Kier alpha value is -3.24. The minimum Gasteiger partial charge on any atom is -0.372 e. The highest BCUT2D eigenvalue weighted by molar-refractivity contribution is 6.31. The smallest absolute Gasteiger partial charge is 0.372 e. The zero-order valence-corrected chi connectivity index (χ0v) is 21.7. The summed E-state index contributed by atoms with van der Waals surface area (Å²) in [6.45, 7) is 4.92. The summed E-state index contributed by atoms with van der Waals surface area (Å²) in [4.78, 5) is 31.5. The third-order valence-electron chi connectivity index (χ3n) is 7.01. The number of nitrogens with zero attached hydrogens (tertiary/aromatic N) is 1. The summed E-state index contributed by atoms with van der Waals surface area (Å²) in [5.74, 6) is -0.0598. The maximum absolute atomic E-state index is 13.6. The number of nitrogens with one attached hydrogen (secondary N) is 3. The van der Waals surface area contributed by atoms with E-state index in [1.165, 1.54) is 6.07 Å². The molecule has 0 bridgehead atoms. The second-order valence-corrected chi connectivity index (χ2v) is 10.4. The molecule has 3 atom stereocenters. The lowest BCUT2D eigenvalue weighted by atomic mass is 9.90. The number of alkyl halides is 3. The van der Waals surface area contributed by atoms with Crippen molar-refractivity contribution in [2.75, 3.05) is 18.4 Å². The summed E-state index contributed by atoms with van der Waals surface area (Å²) in [6.07, 6.45) is -2.95. The van der Waals surface area contributed by atoms with Crippen LogP contribution < -0.4 is 10.6 Å². The maximum Gasteiger partial charge on any atom is 0.417 e. The molecule has 11 heteroatoms. The number of carbonyl (C=O) groups is 2. The van der Waals surface area contributed by atoms with Crippen molar-refractivity contribution < 1.29 is 27.5 Å². The van der Waals surface area contributed by atoms with Gasteiger partial charge in [-0.1, -0.05) is 17.7 Å². The van der Waals surface area contributed by atoms with Gasteiger partial charge in [-0.3, -0.25) is 4.79 Å². The summed E-state index contributed by atoms with van der Waals surface area (Å²) in [6, 6.07) is 7.98. The number of aromatic nitrogens is 1. The van der Waals surface area contributed by atoms with Crippen LogP contribution in [0.25, 0.3) is 10.9 Å². The number of hydrogen-bond acceptors (Lipinski definition) is 3. The SMILES string of the molecule is CC1CN(C(=O)c2cccc3[nH]c4c(c23)CC(NC(=O)Nc2ccc(Cl)c(C(F)(F)F)c2)CC4)CC(C)O1.